The molecule has 5 nitrogen and oxygen atoms in total. The summed E-state index contributed by atoms with van der Waals surface area (Å²) in [5.74, 6) is 0.310. The minimum absolute atomic E-state index is 0.292. The van der Waals surface area contributed by atoms with Crippen molar-refractivity contribution in [3.8, 4) is 0 Å². The number of piperidine rings is 1. The van der Waals surface area contributed by atoms with E-state index >= 15 is 0 Å². The third kappa shape index (κ3) is 3.96. The van der Waals surface area contributed by atoms with Crippen LogP contribution in [-0.4, -0.2) is 47.4 Å². The zero-order valence-electron chi connectivity index (χ0n) is 12.1. The Morgan fingerprint density at radius 1 is 1.50 bits per heavy atom. The molecule has 1 aromatic rings. The molecular formula is C14H22ClN3O2. The maximum absolute atomic E-state index is 11.6. The van der Waals surface area contributed by atoms with Gasteiger partial charge in [-0.05, 0) is 52.2 Å². The van der Waals surface area contributed by atoms with Crippen LogP contribution in [-0.2, 0) is 11.3 Å². The number of likely N-dealkylation sites (tertiary alicyclic amines) is 1. The highest BCUT2D eigenvalue weighted by molar-refractivity contribution is 6.29. The second-order valence-corrected chi connectivity index (χ2v) is 5.72. The van der Waals surface area contributed by atoms with Crippen LogP contribution in [0.3, 0.4) is 0 Å². The van der Waals surface area contributed by atoms with Crippen LogP contribution in [0.2, 0.25) is 5.15 Å². The molecule has 0 bridgehead atoms. The Labute approximate surface area is 124 Å². The maximum Gasteiger partial charge on any atom is 0.358 e. The number of halogens is 1. The van der Waals surface area contributed by atoms with E-state index in [0.717, 1.165) is 32.0 Å². The number of aromatic nitrogens is 2. The number of hydrogen-bond acceptors (Lipinski definition) is 4. The molecule has 112 valence electrons. The fourth-order valence-corrected chi connectivity index (χ4v) is 2.74. The van der Waals surface area contributed by atoms with Crippen molar-refractivity contribution < 1.29 is 9.53 Å². The van der Waals surface area contributed by atoms with Gasteiger partial charge in [0, 0.05) is 12.6 Å². The summed E-state index contributed by atoms with van der Waals surface area (Å²) in [6.45, 7) is 5.19. The molecule has 1 fully saturated rings. The Morgan fingerprint density at radius 2 is 2.20 bits per heavy atom. The monoisotopic (exact) mass is 299 g/mol. The van der Waals surface area contributed by atoms with E-state index in [4.69, 9.17) is 16.3 Å². The quantitative estimate of drug-likeness (QED) is 0.784. The summed E-state index contributed by atoms with van der Waals surface area (Å²) in [6.07, 6.45) is 3.50. The first kappa shape index (κ1) is 15.3. The number of aryl methyl sites for hydroxylation is 1. The van der Waals surface area contributed by atoms with E-state index in [2.05, 4.69) is 17.0 Å². The molecule has 0 aromatic carbocycles. The number of nitrogens with zero attached hydrogens (tertiary/aromatic N) is 3. The van der Waals surface area contributed by atoms with E-state index in [1.807, 2.05) is 0 Å². The van der Waals surface area contributed by atoms with Gasteiger partial charge >= 0.3 is 5.97 Å². The average molecular weight is 300 g/mol. The lowest BCUT2D eigenvalue weighted by Crippen LogP contribution is -2.30. The van der Waals surface area contributed by atoms with Crippen molar-refractivity contribution >= 4 is 17.6 Å². The lowest BCUT2D eigenvalue weighted by atomic mass is 9.94. The molecule has 1 aromatic heterocycles. The molecule has 6 heteroatoms. The predicted octanol–water partition coefficient (Wildman–Crippen LogP) is 2.45. The van der Waals surface area contributed by atoms with Gasteiger partial charge in [0.2, 0.25) is 0 Å². The van der Waals surface area contributed by atoms with Crippen molar-refractivity contribution in [3.05, 3.63) is 16.9 Å². The average Bonchev–Trinajstić information content (AvgIpc) is 2.80. The highest BCUT2D eigenvalue weighted by Crippen LogP contribution is 2.21. The van der Waals surface area contributed by atoms with E-state index in [9.17, 15) is 4.79 Å². The van der Waals surface area contributed by atoms with Crippen LogP contribution in [0.15, 0.2) is 6.07 Å². The summed E-state index contributed by atoms with van der Waals surface area (Å²) >= 11 is 6.11. The maximum atomic E-state index is 11.6. The van der Waals surface area contributed by atoms with E-state index in [1.165, 1.54) is 12.8 Å². The van der Waals surface area contributed by atoms with Gasteiger partial charge in [-0.2, -0.15) is 5.10 Å². The van der Waals surface area contributed by atoms with Crippen molar-refractivity contribution in [2.24, 2.45) is 5.92 Å². The highest BCUT2D eigenvalue weighted by Gasteiger charge is 2.18. The third-order valence-electron chi connectivity index (χ3n) is 3.80. The van der Waals surface area contributed by atoms with Crippen molar-refractivity contribution in [1.82, 2.24) is 14.7 Å². The first-order valence-electron chi connectivity index (χ1n) is 7.19. The van der Waals surface area contributed by atoms with Gasteiger partial charge < -0.3 is 9.64 Å². The van der Waals surface area contributed by atoms with Crippen LogP contribution in [0.1, 0.15) is 36.7 Å². The van der Waals surface area contributed by atoms with Gasteiger partial charge in [0.05, 0.1) is 6.61 Å². The molecule has 0 radical (unpaired) electrons. The Morgan fingerprint density at radius 3 is 2.85 bits per heavy atom. The lowest BCUT2D eigenvalue weighted by Gasteiger charge is -2.28. The largest absolute Gasteiger partial charge is 0.461 e. The molecule has 2 rings (SSSR count). The van der Waals surface area contributed by atoms with Crippen molar-refractivity contribution in [2.45, 2.75) is 32.7 Å². The summed E-state index contributed by atoms with van der Waals surface area (Å²) in [7, 11) is 2.16. The molecule has 0 saturated carbocycles. The standard InChI is InChI=1S/C14H22ClN3O2/c1-3-20-14(19)12-10-13(15)18(16-12)9-6-11-4-7-17(2)8-5-11/h10-11H,3-9H2,1-2H3. The van der Waals surface area contributed by atoms with Gasteiger partial charge in [-0.25, -0.2) is 4.79 Å². The number of carbonyl (C=O) groups excluding carboxylic acids is 1. The van der Waals surface area contributed by atoms with Gasteiger partial charge in [-0.1, -0.05) is 11.6 Å². The minimum Gasteiger partial charge on any atom is -0.461 e. The molecule has 1 aliphatic rings. The van der Waals surface area contributed by atoms with E-state index in [-0.39, 0.29) is 0 Å². The van der Waals surface area contributed by atoms with Gasteiger partial charge in [0.1, 0.15) is 5.15 Å². The Hall–Kier alpha value is -1.07. The number of hydrogen-bond donors (Lipinski definition) is 0. The normalized spacial score (nSPS) is 17.4. The van der Waals surface area contributed by atoms with Gasteiger partial charge in [0.15, 0.2) is 5.69 Å². The van der Waals surface area contributed by atoms with Crippen LogP contribution < -0.4 is 0 Å². The number of rotatable bonds is 5. The third-order valence-corrected chi connectivity index (χ3v) is 4.11. The smallest absolute Gasteiger partial charge is 0.358 e. The Bertz CT molecular complexity index is 453. The van der Waals surface area contributed by atoms with E-state index in [1.54, 1.807) is 17.7 Å². The summed E-state index contributed by atoms with van der Waals surface area (Å²) in [6, 6.07) is 1.58. The van der Waals surface area contributed by atoms with Crippen LogP contribution in [0.4, 0.5) is 0 Å². The topological polar surface area (TPSA) is 47.4 Å². The molecule has 0 amide bonds. The zero-order valence-corrected chi connectivity index (χ0v) is 12.9. The number of ether oxygens (including phenoxy) is 1. The molecule has 1 saturated heterocycles. The SMILES string of the molecule is CCOC(=O)c1cc(Cl)n(CCC2CCN(C)CC2)n1. The number of carbonyl (C=O) groups is 1. The van der Waals surface area contributed by atoms with Gasteiger partial charge in [0.25, 0.3) is 0 Å². The van der Waals surface area contributed by atoms with Crippen molar-refractivity contribution in [3.63, 3.8) is 0 Å². The summed E-state index contributed by atoms with van der Waals surface area (Å²) < 4.78 is 6.62. The second kappa shape index (κ2) is 7.09. The first-order chi connectivity index (χ1) is 9.60. The fourth-order valence-electron chi connectivity index (χ4n) is 2.51. The molecule has 0 unspecified atom stereocenters. The van der Waals surface area contributed by atoms with Crippen molar-refractivity contribution in [2.75, 3.05) is 26.7 Å². The van der Waals surface area contributed by atoms with Crippen LogP contribution in [0, 0.1) is 5.92 Å². The zero-order chi connectivity index (χ0) is 14.5. The molecule has 2 heterocycles. The van der Waals surface area contributed by atoms with Gasteiger partial charge in [-0.3, -0.25) is 4.68 Å². The predicted molar refractivity (Wildman–Crippen MR) is 78.0 cm³/mol. The van der Waals surface area contributed by atoms with Gasteiger partial charge in [-0.15, -0.1) is 0 Å². The molecular weight excluding hydrogens is 278 g/mol. The Balaban J connectivity index is 1.88. The number of esters is 1. The van der Waals surface area contributed by atoms with Crippen LogP contribution in [0.5, 0.6) is 0 Å². The Kier molecular flexibility index (Phi) is 5.43. The van der Waals surface area contributed by atoms with Crippen LogP contribution in [0.25, 0.3) is 0 Å². The summed E-state index contributed by atoms with van der Waals surface area (Å²) in [5, 5.41) is 4.73. The molecule has 1 aliphatic heterocycles. The molecule has 0 spiro atoms. The molecule has 0 N–H and O–H groups in total. The van der Waals surface area contributed by atoms with Crippen molar-refractivity contribution in [1.29, 1.82) is 0 Å². The molecule has 0 aliphatic carbocycles. The highest BCUT2D eigenvalue weighted by atomic mass is 35.5. The molecule has 20 heavy (non-hydrogen) atoms. The fraction of sp³-hybridized carbons (Fsp3) is 0.714. The first-order valence-corrected chi connectivity index (χ1v) is 7.57. The summed E-state index contributed by atoms with van der Waals surface area (Å²) in [5.41, 5.74) is 0.292. The van der Waals surface area contributed by atoms with E-state index < -0.39 is 5.97 Å². The minimum atomic E-state index is -0.410. The molecule has 0 atom stereocenters. The van der Waals surface area contributed by atoms with Crippen LogP contribution >= 0.6 is 11.6 Å². The second-order valence-electron chi connectivity index (χ2n) is 5.33. The van der Waals surface area contributed by atoms with E-state index in [0.29, 0.717) is 17.5 Å². The summed E-state index contributed by atoms with van der Waals surface area (Å²) in [4.78, 5) is 13.9. The lowest BCUT2D eigenvalue weighted by molar-refractivity contribution is 0.0518.